The number of unbranched alkanes of at least 4 members (excludes halogenated alkanes) is 1. The molecule has 0 saturated heterocycles. The molecule has 2 aromatic rings. The number of hydrogen-bond acceptors (Lipinski definition) is 6. The van der Waals surface area contributed by atoms with Gasteiger partial charge in [-0.15, -0.1) is 0 Å². The highest BCUT2D eigenvalue weighted by Crippen LogP contribution is 2.60. The Morgan fingerprint density at radius 1 is 0.895 bits per heavy atom. The van der Waals surface area contributed by atoms with Crippen molar-refractivity contribution < 1.29 is 19.1 Å². The Balaban J connectivity index is 1.27. The molecule has 7 atom stereocenters. The first kappa shape index (κ1) is 26.7. The molecular weight excluding hydrogens is 476 g/mol. The van der Waals surface area contributed by atoms with Crippen LogP contribution in [0.4, 0.5) is 5.69 Å². The number of nitrogens with two attached hydrogens (primary N) is 1. The van der Waals surface area contributed by atoms with Crippen LogP contribution < -0.4 is 11.1 Å². The van der Waals surface area contributed by atoms with Crippen LogP contribution in [-0.2, 0) is 9.47 Å². The van der Waals surface area contributed by atoms with Gasteiger partial charge >= 0.3 is 11.9 Å². The van der Waals surface area contributed by atoms with Crippen LogP contribution in [0.15, 0.2) is 48.5 Å². The standard InChI is InChI=1S/C32H42N2O4/c1-3-5-17-34-25-15-13-22(14-16-25)31(35)37-28-19-26-23-11-12-24(18-23)29(26)30(28)38-32(36)21-9-7-20(8-10-21)27(33)6-4-2/h7-10,13-16,23-24,26-30,34H,3-6,11-12,17-19,33H2,1-2H3. The van der Waals surface area contributed by atoms with Gasteiger partial charge in [-0.05, 0) is 98.2 Å². The van der Waals surface area contributed by atoms with Gasteiger partial charge in [0.25, 0.3) is 0 Å². The second kappa shape index (κ2) is 11.9. The summed E-state index contributed by atoms with van der Waals surface area (Å²) in [5, 5.41) is 3.37. The number of ether oxygens (including phenoxy) is 2. The molecule has 0 aromatic heterocycles. The van der Waals surface area contributed by atoms with E-state index >= 15 is 0 Å². The maximum atomic E-state index is 13.2. The van der Waals surface area contributed by atoms with Crippen molar-refractivity contribution in [3.8, 4) is 0 Å². The first-order chi connectivity index (χ1) is 18.5. The summed E-state index contributed by atoms with van der Waals surface area (Å²) in [4.78, 5) is 26.4. The van der Waals surface area contributed by atoms with Crippen LogP contribution in [0, 0.1) is 23.7 Å². The Hall–Kier alpha value is -2.86. The highest BCUT2D eigenvalue weighted by atomic mass is 16.6. The third-order valence-corrected chi connectivity index (χ3v) is 9.06. The van der Waals surface area contributed by atoms with E-state index in [1.807, 2.05) is 36.4 Å². The number of carbonyl (C=O) groups excluding carboxylic acids is 2. The van der Waals surface area contributed by atoms with Crippen LogP contribution in [0.3, 0.4) is 0 Å². The van der Waals surface area contributed by atoms with Crippen molar-refractivity contribution in [1.82, 2.24) is 0 Å². The van der Waals surface area contributed by atoms with E-state index in [0.29, 0.717) is 28.9 Å². The molecule has 38 heavy (non-hydrogen) atoms. The van der Waals surface area contributed by atoms with Gasteiger partial charge in [-0.2, -0.15) is 0 Å². The zero-order valence-electron chi connectivity index (χ0n) is 22.7. The Morgan fingerprint density at radius 2 is 1.55 bits per heavy atom. The third-order valence-electron chi connectivity index (χ3n) is 9.06. The molecule has 7 unspecified atom stereocenters. The van der Waals surface area contributed by atoms with Crippen LogP contribution in [0.1, 0.15) is 97.5 Å². The minimum absolute atomic E-state index is 0.0281. The second-order valence-electron chi connectivity index (χ2n) is 11.5. The highest BCUT2D eigenvalue weighted by molar-refractivity contribution is 5.90. The Kier molecular flexibility index (Phi) is 8.37. The van der Waals surface area contributed by atoms with Crippen LogP contribution in [0.2, 0.25) is 0 Å². The van der Waals surface area contributed by atoms with Crippen molar-refractivity contribution in [2.45, 2.75) is 83.5 Å². The van der Waals surface area contributed by atoms with Gasteiger partial charge in [0.2, 0.25) is 0 Å². The topological polar surface area (TPSA) is 90.6 Å². The summed E-state index contributed by atoms with van der Waals surface area (Å²) in [7, 11) is 0. The van der Waals surface area contributed by atoms with E-state index in [0.717, 1.165) is 49.9 Å². The molecule has 2 aromatic carbocycles. The summed E-state index contributed by atoms with van der Waals surface area (Å²) >= 11 is 0. The fourth-order valence-corrected chi connectivity index (χ4v) is 7.11. The van der Waals surface area contributed by atoms with Gasteiger partial charge in [0.05, 0.1) is 11.1 Å². The number of carbonyl (C=O) groups is 2. The molecule has 0 radical (unpaired) electrons. The molecule has 5 rings (SSSR count). The number of anilines is 1. The first-order valence-corrected chi connectivity index (χ1v) is 14.6. The molecule has 0 spiro atoms. The maximum absolute atomic E-state index is 13.2. The van der Waals surface area contributed by atoms with E-state index in [1.165, 1.54) is 19.3 Å². The van der Waals surface area contributed by atoms with Gasteiger partial charge in [0, 0.05) is 24.2 Å². The smallest absolute Gasteiger partial charge is 0.338 e. The molecule has 3 saturated carbocycles. The number of nitrogens with one attached hydrogen (secondary N) is 1. The van der Waals surface area contributed by atoms with Crippen molar-refractivity contribution >= 4 is 17.6 Å². The van der Waals surface area contributed by atoms with Crippen LogP contribution in [-0.4, -0.2) is 30.7 Å². The summed E-state index contributed by atoms with van der Waals surface area (Å²) in [5.74, 6) is 1.24. The van der Waals surface area contributed by atoms with Crippen molar-refractivity contribution in [1.29, 1.82) is 0 Å². The first-order valence-electron chi connectivity index (χ1n) is 14.6. The largest absolute Gasteiger partial charge is 0.455 e. The zero-order chi connectivity index (χ0) is 26.6. The summed E-state index contributed by atoms with van der Waals surface area (Å²) in [6, 6.07) is 14.9. The fourth-order valence-electron chi connectivity index (χ4n) is 7.11. The highest BCUT2D eigenvalue weighted by Gasteiger charge is 2.59. The van der Waals surface area contributed by atoms with E-state index in [9.17, 15) is 9.59 Å². The van der Waals surface area contributed by atoms with E-state index in [-0.39, 0.29) is 23.9 Å². The van der Waals surface area contributed by atoms with Crippen LogP contribution in [0.5, 0.6) is 0 Å². The lowest BCUT2D eigenvalue weighted by molar-refractivity contribution is -0.0416. The van der Waals surface area contributed by atoms with E-state index in [4.69, 9.17) is 15.2 Å². The number of hydrogen-bond donors (Lipinski definition) is 2. The molecule has 3 aliphatic rings. The molecule has 3 aliphatic carbocycles. The molecule has 0 amide bonds. The Bertz CT molecular complexity index is 1100. The lowest BCUT2D eigenvalue weighted by Crippen LogP contribution is -2.37. The quantitative estimate of drug-likeness (QED) is 0.260. The van der Waals surface area contributed by atoms with Crippen molar-refractivity contribution in [2.75, 3.05) is 11.9 Å². The minimum Gasteiger partial charge on any atom is -0.455 e. The van der Waals surface area contributed by atoms with Gasteiger partial charge in [0.1, 0.15) is 12.2 Å². The number of rotatable bonds is 11. The molecule has 2 bridgehead atoms. The molecule has 6 heteroatoms. The van der Waals surface area contributed by atoms with Crippen molar-refractivity contribution in [3.05, 3.63) is 65.2 Å². The average Bonchev–Trinajstić information content (AvgIpc) is 3.63. The van der Waals surface area contributed by atoms with E-state index in [1.54, 1.807) is 12.1 Å². The second-order valence-corrected chi connectivity index (χ2v) is 11.5. The number of esters is 2. The lowest BCUT2D eigenvalue weighted by Gasteiger charge is -2.29. The fraction of sp³-hybridized carbons (Fsp3) is 0.562. The van der Waals surface area contributed by atoms with E-state index < -0.39 is 12.2 Å². The van der Waals surface area contributed by atoms with Gasteiger partial charge in [0.15, 0.2) is 0 Å². The maximum Gasteiger partial charge on any atom is 0.338 e. The molecule has 3 fully saturated rings. The summed E-state index contributed by atoms with van der Waals surface area (Å²) in [6.45, 7) is 5.18. The Morgan fingerprint density at radius 3 is 2.24 bits per heavy atom. The molecule has 3 N–H and O–H groups in total. The molecule has 6 nitrogen and oxygen atoms in total. The lowest BCUT2D eigenvalue weighted by atomic mass is 9.81. The van der Waals surface area contributed by atoms with Crippen molar-refractivity contribution in [2.24, 2.45) is 29.4 Å². The third kappa shape index (κ3) is 5.61. The molecule has 0 heterocycles. The van der Waals surface area contributed by atoms with Crippen LogP contribution in [0.25, 0.3) is 0 Å². The van der Waals surface area contributed by atoms with Gasteiger partial charge < -0.3 is 20.5 Å². The Labute approximate surface area is 226 Å². The predicted octanol–water partition coefficient (Wildman–Crippen LogP) is 6.52. The number of benzene rings is 2. The zero-order valence-corrected chi connectivity index (χ0v) is 22.7. The monoisotopic (exact) mass is 518 g/mol. The van der Waals surface area contributed by atoms with Gasteiger partial charge in [-0.25, -0.2) is 9.59 Å². The number of fused-ring (bicyclic) bond motifs is 5. The van der Waals surface area contributed by atoms with Gasteiger partial charge in [-0.1, -0.05) is 38.8 Å². The summed E-state index contributed by atoms with van der Waals surface area (Å²) in [5.41, 5.74) is 9.29. The molecular formula is C32H42N2O4. The van der Waals surface area contributed by atoms with E-state index in [2.05, 4.69) is 19.2 Å². The molecule has 0 aliphatic heterocycles. The normalized spacial score (nSPS) is 28.1. The van der Waals surface area contributed by atoms with Crippen molar-refractivity contribution in [3.63, 3.8) is 0 Å². The van der Waals surface area contributed by atoms with Crippen LogP contribution >= 0.6 is 0 Å². The summed E-state index contributed by atoms with van der Waals surface area (Å²) in [6.07, 6.45) is 7.74. The minimum atomic E-state index is -0.413. The SMILES string of the molecule is CCCCNc1ccc(C(=O)OC2CC3C4CCC(C4)C3C2OC(=O)c2ccc(C(N)CCC)cc2)cc1. The summed E-state index contributed by atoms with van der Waals surface area (Å²) < 4.78 is 12.2. The predicted molar refractivity (Wildman–Crippen MR) is 149 cm³/mol. The van der Waals surface area contributed by atoms with Gasteiger partial charge in [-0.3, -0.25) is 0 Å². The average molecular weight is 519 g/mol. The molecule has 204 valence electrons.